The normalized spacial score (nSPS) is 17.0. The molecule has 0 radical (unpaired) electrons. The molecule has 7 heteroatoms. The summed E-state index contributed by atoms with van der Waals surface area (Å²) < 4.78 is 29.5. The van der Waals surface area contributed by atoms with Crippen molar-refractivity contribution in [3.63, 3.8) is 0 Å². The van der Waals surface area contributed by atoms with Gasteiger partial charge in [0.1, 0.15) is 0 Å². The second-order valence-corrected chi connectivity index (χ2v) is 8.09. The van der Waals surface area contributed by atoms with E-state index in [9.17, 15) is 9.36 Å². The maximum atomic E-state index is 13.2. The van der Waals surface area contributed by atoms with Crippen LogP contribution >= 0.6 is 7.60 Å². The lowest BCUT2D eigenvalue weighted by molar-refractivity contribution is 0.0980. The minimum absolute atomic E-state index is 0.108. The minimum atomic E-state index is -3.64. The van der Waals surface area contributed by atoms with Gasteiger partial charge in [-0.1, -0.05) is 49.6 Å². The zero-order valence-electron chi connectivity index (χ0n) is 15.0. The lowest BCUT2D eigenvalue weighted by atomic mass is 9.96. The molecular formula is C18H28NO5P. The van der Waals surface area contributed by atoms with Gasteiger partial charge in [0.2, 0.25) is 5.85 Å². The van der Waals surface area contributed by atoms with E-state index in [1.165, 1.54) is 6.42 Å². The molecule has 1 atom stereocenters. The molecule has 1 aromatic rings. The predicted molar refractivity (Wildman–Crippen MR) is 96.5 cm³/mol. The first-order valence-electron chi connectivity index (χ1n) is 9.00. The molecule has 0 aromatic heterocycles. The second-order valence-electron chi connectivity index (χ2n) is 6.02. The summed E-state index contributed by atoms with van der Waals surface area (Å²) >= 11 is 0. The van der Waals surface area contributed by atoms with E-state index in [1.54, 1.807) is 38.1 Å². The number of hydrogen-bond donors (Lipinski definition) is 1. The molecule has 0 saturated heterocycles. The molecule has 0 aliphatic heterocycles. The van der Waals surface area contributed by atoms with Gasteiger partial charge in [-0.15, -0.1) is 0 Å². The third kappa shape index (κ3) is 5.84. The van der Waals surface area contributed by atoms with Crippen LogP contribution in [-0.2, 0) is 18.3 Å². The van der Waals surface area contributed by atoms with Crippen LogP contribution in [0.2, 0.25) is 0 Å². The monoisotopic (exact) mass is 369 g/mol. The number of alkyl carbamates (subject to hydrolysis) is 1. The van der Waals surface area contributed by atoms with Crippen LogP contribution in [0.4, 0.5) is 4.79 Å². The van der Waals surface area contributed by atoms with Crippen LogP contribution < -0.4 is 5.32 Å². The lowest BCUT2D eigenvalue weighted by Crippen LogP contribution is -2.37. The molecule has 1 N–H and O–H groups in total. The molecule has 0 bridgehead atoms. The molecule has 25 heavy (non-hydrogen) atoms. The van der Waals surface area contributed by atoms with Crippen LogP contribution in [-0.4, -0.2) is 25.3 Å². The van der Waals surface area contributed by atoms with Crippen molar-refractivity contribution in [2.75, 3.05) is 13.2 Å². The number of carbonyl (C=O) groups is 1. The minimum Gasteiger partial charge on any atom is -0.428 e. The molecule has 1 aliphatic carbocycles. The van der Waals surface area contributed by atoms with E-state index in [0.29, 0.717) is 5.56 Å². The Morgan fingerprint density at radius 3 is 2.28 bits per heavy atom. The van der Waals surface area contributed by atoms with E-state index in [0.717, 1.165) is 25.7 Å². The molecule has 1 unspecified atom stereocenters. The van der Waals surface area contributed by atoms with Crippen LogP contribution in [0, 0.1) is 0 Å². The van der Waals surface area contributed by atoms with E-state index < -0.39 is 19.5 Å². The highest BCUT2D eigenvalue weighted by Gasteiger charge is 2.40. The predicted octanol–water partition coefficient (Wildman–Crippen LogP) is 5.01. The lowest BCUT2D eigenvalue weighted by Gasteiger charge is -2.28. The Hall–Kier alpha value is -1.36. The first-order valence-corrected chi connectivity index (χ1v) is 10.6. The molecular weight excluding hydrogens is 341 g/mol. The van der Waals surface area contributed by atoms with Crippen LogP contribution in [0.1, 0.15) is 57.4 Å². The maximum absolute atomic E-state index is 13.2. The first-order chi connectivity index (χ1) is 12.1. The largest absolute Gasteiger partial charge is 0.428 e. The fraction of sp³-hybridized carbons (Fsp3) is 0.611. The molecule has 1 aliphatic rings. The van der Waals surface area contributed by atoms with Crippen molar-refractivity contribution in [1.82, 2.24) is 5.32 Å². The summed E-state index contributed by atoms with van der Waals surface area (Å²) in [7, 11) is -3.64. The van der Waals surface area contributed by atoms with Crippen molar-refractivity contribution in [3.8, 4) is 0 Å². The highest BCUT2D eigenvalue weighted by Crippen LogP contribution is 2.61. The number of hydrogen-bond acceptors (Lipinski definition) is 5. The van der Waals surface area contributed by atoms with E-state index in [2.05, 4.69) is 5.32 Å². The number of amides is 1. The van der Waals surface area contributed by atoms with Crippen molar-refractivity contribution in [1.29, 1.82) is 0 Å². The summed E-state index contributed by atoms with van der Waals surface area (Å²) in [6, 6.07) is 9.05. The molecule has 1 fully saturated rings. The van der Waals surface area contributed by atoms with Gasteiger partial charge >= 0.3 is 13.7 Å². The maximum Gasteiger partial charge on any atom is 0.408 e. The van der Waals surface area contributed by atoms with Crippen LogP contribution in [0.25, 0.3) is 0 Å². The van der Waals surface area contributed by atoms with Gasteiger partial charge in [0.25, 0.3) is 0 Å². The molecule has 1 aromatic carbocycles. The SMILES string of the molecule is CCOP(=O)(OCC)C(OC(=O)NC1CCCCC1)c1ccccc1. The molecule has 6 nitrogen and oxygen atoms in total. The Labute approximate surface area is 149 Å². The van der Waals surface area contributed by atoms with Crippen LogP contribution in [0.15, 0.2) is 30.3 Å². The number of ether oxygens (including phenoxy) is 1. The van der Waals surface area contributed by atoms with E-state index >= 15 is 0 Å². The number of rotatable bonds is 8. The zero-order valence-corrected chi connectivity index (χ0v) is 15.9. The Bertz CT molecular complexity index is 564. The van der Waals surface area contributed by atoms with Crippen molar-refractivity contribution in [2.24, 2.45) is 0 Å². The Morgan fingerprint density at radius 2 is 1.72 bits per heavy atom. The van der Waals surface area contributed by atoms with Gasteiger partial charge in [-0.3, -0.25) is 4.57 Å². The van der Waals surface area contributed by atoms with Gasteiger partial charge in [-0.05, 0) is 26.7 Å². The standard InChI is InChI=1S/C18H28NO5P/c1-3-22-25(21,23-4-2)17(15-11-7-5-8-12-15)24-18(20)19-16-13-9-6-10-14-16/h5,7-8,11-12,16-17H,3-4,6,9-10,13-14H2,1-2H3,(H,19,20). The fourth-order valence-corrected chi connectivity index (χ4v) is 4.84. The highest BCUT2D eigenvalue weighted by molar-refractivity contribution is 7.54. The summed E-state index contributed by atoms with van der Waals surface area (Å²) in [6.45, 7) is 3.87. The third-order valence-electron chi connectivity index (χ3n) is 4.14. The van der Waals surface area contributed by atoms with Crippen LogP contribution in [0.5, 0.6) is 0 Å². The van der Waals surface area contributed by atoms with Crippen molar-refractivity contribution >= 4 is 13.7 Å². The fourth-order valence-electron chi connectivity index (χ4n) is 3.01. The van der Waals surface area contributed by atoms with Gasteiger partial charge in [-0.25, -0.2) is 4.79 Å². The van der Waals surface area contributed by atoms with Gasteiger partial charge in [0, 0.05) is 11.6 Å². The second kappa shape index (κ2) is 9.95. The van der Waals surface area contributed by atoms with E-state index in [-0.39, 0.29) is 19.3 Å². The Kier molecular flexibility index (Phi) is 7.94. The summed E-state index contributed by atoms with van der Waals surface area (Å²) in [6.07, 6.45) is 4.70. The number of nitrogens with one attached hydrogen (secondary N) is 1. The smallest absolute Gasteiger partial charge is 0.408 e. The van der Waals surface area contributed by atoms with Gasteiger partial charge in [0.15, 0.2) is 0 Å². The summed E-state index contributed by atoms with van der Waals surface area (Å²) in [4.78, 5) is 12.4. The molecule has 0 spiro atoms. The summed E-state index contributed by atoms with van der Waals surface area (Å²) in [5.41, 5.74) is 0.589. The summed E-state index contributed by atoms with van der Waals surface area (Å²) in [5.74, 6) is -1.09. The average molecular weight is 369 g/mol. The number of benzene rings is 1. The van der Waals surface area contributed by atoms with Crippen molar-refractivity contribution in [3.05, 3.63) is 35.9 Å². The molecule has 2 rings (SSSR count). The average Bonchev–Trinajstić information content (AvgIpc) is 2.61. The quantitative estimate of drug-likeness (QED) is 0.652. The van der Waals surface area contributed by atoms with Crippen molar-refractivity contribution in [2.45, 2.75) is 57.8 Å². The third-order valence-corrected chi connectivity index (χ3v) is 6.35. The van der Waals surface area contributed by atoms with Crippen molar-refractivity contribution < 1.29 is 23.1 Å². The molecule has 0 heterocycles. The van der Waals surface area contributed by atoms with E-state index in [1.807, 2.05) is 6.07 Å². The van der Waals surface area contributed by atoms with E-state index in [4.69, 9.17) is 13.8 Å². The zero-order chi connectivity index (χ0) is 18.1. The molecule has 1 amide bonds. The summed E-state index contributed by atoms with van der Waals surface area (Å²) in [5, 5.41) is 2.88. The highest BCUT2D eigenvalue weighted by atomic mass is 31.2. The molecule has 1 saturated carbocycles. The Balaban J connectivity index is 2.16. The molecule has 140 valence electrons. The topological polar surface area (TPSA) is 73.9 Å². The number of carbonyl (C=O) groups excluding carboxylic acids is 1. The van der Waals surface area contributed by atoms with Gasteiger partial charge in [0.05, 0.1) is 13.2 Å². The first kappa shape index (κ1) is 20.0. The van der Waals surface area contributed by atoms with Gasteiger partial charge < -0.3 is 19.1 Å². The van der Waals surface area contributed by atoms with Gasteiger partial charge in [-0.2, -0.15) is 0 Å². The van der Waals surface area contributed by atoms with Crippen LogP contribution in [0.3, 0.4) is 0 Å². The Morgan fingerprint density at radius 1 is 1.12 bits per heavy atom.